The van der Waals surface area contributed by atoms with E-state index >= 15 is 0 Å². The average molecular weight is 111 g/mol. The Balaban J connectivity index is 3.82. The van der Waals surface area contributed by atoms with Gasteiger partial charge in [-0.05, 0) is 6.42 Å². The molecule has 0 heterocycles. The number of hydrogen-bond acceptors (Lipinski definition) is 1. The molecule has 0 saturated carbocycles. The molecule has 0 aromatic rings. The van der Waals surface area contributed by atoms with Gasteiger partial charge in [0, 0.05) is 5.92 Å². The largest absolute Gasteiger partial charge is 0.396 e. The highest BCUT2D eigenvalue weighted by Crippen LogP contribution is 2.05. The molecule has 0 aromatic heterocycles. The smallest absolute Gasteiger partial charge is 0.0534 e. The molecule has 2 N–H and O–H groups in total. The lowest BCUT2D eigenvalue weighted by molar-refractivity contribution is 0.649. The fourth-order valence-electron chi connectivity index (χ4n) is 0.394. The van der Waals surface area contributed by atoms with Gasteiger partial charge in [0.15, 0.2) is 0 Å². The average Bonchev–Trinajstić information content (AvgIpc) is 1.84. The second kappa shape index (κ2) is 3.34. The summed E-state index contributed by atoms with van der Waals surface area (Å²) < 4.78 is 0. The first-order valence-corrected chi connectivity index (χ1v) is 2.87. The van der Waals surface area contributed by atoms with E-state index in [2.05, 4.69) is 26.2 Å². The minimum absolute atomic E-state index is 0.437. The maximum Gasteiger partial charge on any atom is 0.0534 e. The lowest BCUT2D eigenvalue weighted by Gasteiger charge is -2.03. The van der Waals surface area contributed by atoms with Gasteiger partial charge in [0.1, 0.15) is 0 Å². The number of rotatable bonds is 2. The molecule has 0 spiro atoms. The molecule has 0 rings (SSSR count). The monoisotopic (exact) mass is 111 g/mol. The zero-order valence-corrected chi connectivity index (χ0v) is 5.57. The van der Waals surface area contributed by atoms with E-state index in [9.17, 15) is 0 Å². The van der Waals surface area contributed by atoms with Crippen LogP contribution < -0.4 is 5.73 Å². The van der Waals surface area contributed by atoms with E-state index in [0.29, 0.717) is 5.92 Å². The fourth-order valence-corrected chi connectivity index (χ4v) is 0.394. The minimum Gasteiger partial charge on any atom is -0.396 e. The summed E-state index contributed by atoms with van der Waals surface area (Å²) in [6.45, 7) is 7.60. The SMILES string of the molecule is C=C=C(N)C(C)CC. The van der Waals surface area contributed by atoms with E-state index in [-0.39, 0.29) is 0 Å². The van der Waals surface area contributed by atoms with E-state index in [4.69, 9.17) is 5.73 Å². The first-order valence-electron chi connectivity index (χ1n) is 2.87. The Kier molecular flexibility index (Phi) is 3.05. The third kappa shape index (κ3) is 1.85. The van der Waals surface area contributed by atoms with Crippen molar-refractivity contribution < 1.29 is 0 Å². The molecule has 1 heteroatoms. The van der Waals surface area contributed by atoms with Crippen molar-refractivity contribution in [1.82, 2.24) is 0 Å². The Labute approximate surface area is 50.9 Å². The molecule has 0 fully saturated rings. The molecule has 0 aliphatic heterocycles. The van der Waals surface area contributed by atoms with E-state index in [0.717, 1.165) is 12.1 Å². The Morgan fingerprint density at radius 1 is 1.88 bits per heavy atom. The molecule has 0 saturated heterocycles. The standard InChI is InChI=1S/C7H13N/c1-4-6(3)7(8)5-2/h6H,2,4,8H2,1,3H3. The number of nitrogens with two attached hydrogens (primary N) is 1. The van der Waals surface area contributed by atoms with E-state index < -0.39 is 0 Å². The lowest BCUT2D eigenvalue weighted by Crippen LogP contribution is -2.05. The molecule has 0 bridgehead atoms. The van der Waals surface area contributed by atoms with Gasteiger partial charge in [0.2, 0.25) is 0 Å². The van der Waals surface area contributed by atoms with Gasteiger partial charge in [-0.25, -0.2) is 0 Å². The molecule has 8 heavy (non-hydrogen) atoms. The van der Waals surface area contributed by atoms with Gasteiger partial charge in [0.05, 0.1) is 5.70 Å². The van der Waals surface area contributed by atoms with Gasteiger partial charge in [-0.15, -0.1) is 5.73 Å². The predicted octanol–water partition coefficient (Wildman–Crippen LogP) is 1.66. The number of hydrogen-bond donors (Lipinski definition) is 1. The van der Waals surface area contributed by atoms with Gasteiger partial charge in [-0.1, -0.05) is 20.4 Å². The zero-order valence-electron chi connectivity index (χ0n) is 5.57. The van der Waals surface area contributed by atoms with Crippen LogP contribution in [0.25, 0.3) is 0 Å². The highest BCUT2D eigenvalue weighted by atomic mass is 14.6. The summed E-state index contributed by atoms with van der Waals surface area (Å²) in [6.07, 6.45) is 1.06. The van der Waals surface area contributed by atoms with E-state index in [1.54, 1.807) is 0 Å². The minimum atomic E-state index is 0.437. The van der Waals surface area contributed by atoms with Crippen molar-refractivity contribution in [1.29, 1.82) is 0 Å². The summed E-state index contributed by atoms with van der Waals surface area (Å²) >= 11 is 0. The first-order chi connectivity index (χ1) is 3.72. The maximum absolute atomic E-state index is 5.47. The molecule has 46 valence electrons. The Bertz CT molecular complexity index is 110. The molecule has 0 aliphatic carbocycles. The predicted molar refractivity (Wildman–Crippen MR) is 36.3 cm³/mol. The van der Waals surface area contributed by atoms with Crippen LogP contribution in [0.15, 0.2) is 18.0 Å². The summed E-state index contributed by atoms with van der Waals surface area (Å²) in [5.74, 6) is 0.437. The normalized spacial score (nSPS) is 12.2. The van der Waals surface area contributed by atoms with Crippen LogP contribution in [0.3, 0.4) is 0 Å². The van der Waals surface area contributed by atoms with Crippen molar-refractivity contribution in [3.05, 3.63) is 18.0 Å². The Morgan fingerprint density at radius 2 is 2.38 bits per heavy atom. The van der Waals surface area contributed by atoms with Crippen LogP contribution in [-0.4, -0.2) is 0 Å². The summed E-state index contributed by atoms with van der Waals surface area (Å²) in [4.78, 5) is 0. The third-order valence-corrected chi connectivity index (χ3v) is 1.35. The van der Waals surface area contributed by atoms with Crippen LogP contribution in [0.1, 0.15) is 20.3 Å². The summed E-state index contributed by atoms with van der Waals surface area (Å²) in [7, 11) is 0. The first kappa shape index (κ1) is 7.32. The van der Waals surface area contributed by atoms with Gasteiger partial charge in [-0.3, -0.25) is 0 Å². The summed E-state index contributed by atoms with van der Waals surface area (Å²) in [5.41, 5.74) is 8.90. The highest BCUT2D eigenvalue weighted by Gasteiger charge is 1.97. The fraction of sp³-hybridized carbons (Fsp3) is 0.571. The summed E-state index contributed by atoms with van der Waals surface area (Å²) in [6, 6.07) is 0. The molecule has 1 unspecified atom stereocenters. The molecule has 1 atom stereocenters. The van der Waals surface area contributed by atoms with Gasteiger partial charge in [0.25, 0.3) is 0 Å². The molecular formula is C7H13N. The molecule has 0 radical (unpaired) electrons. The quantitative estimate of drug-likeness (QED) is 0.539. The number of allylic oxidation sites excluding steroid dienone is 1. The van der Waals surface area contributed by atoms with Crippen LogP contribution in [-0.2, 0) is 0 Å². The Hall–Kier alpha value is -0.680. The van der Waals surface area contributed by atoms with Crippen molar-refractivity contribution >= 4 is 0 Å². The third-order valence-electron chi connectivity index (χ3n) is 1.35. The van der Waals surface area contributed by atoms with Crippen molar-refractivity contribution in [2.75, 3.05) is 0 Å². The zero-order chi connectivity index (χ0) is 6.57. The maximum atomic E-state index is 5.47. The van der Waals surface area contributed by atoms with Crippen molar-refractivity contribution in [2.45, 2.75) is 20.3 Å². The molecule has 1 nitrogen and oxygen atoms in total. The highest BCUT2D eigenvalue weighted by molar-refractivity contribution is 4.96. The van der Waals surface area contributed by atoms with Gasteiger partial charge < -0.3 is 5.73 Å². The second-order valence-electron chi connectivity index (χ2n) is 1.94. The molecular weight excluding hydrogens is 98.1 g/mol. The topological polar surface area (TPSA) is 26.0 Å². The van der Waals surface area contributed by atoms with Gasteiger partial charge >= 0.3 is 0 Å². The van der Waals surface area contributed by atoms with Crippen molar-refractivity contribution in [2.24, 2.45) is 11.7 Å². The van der Waals surface area contributed by atoms with Crippen LogP contribution in [0.4, 0.5) is 0 Å². The Morgan fingerprint density at radius 3 is 2.50 bits per heavy atom. The van der Waals surface area contributed by atoms with Crippen LogP contribution in [0.5, 0.6) is 0 Å². The summed E-state index contributed by atoms with van der Waals surface area (Å²) in [5, 5.41) is 0. The van der Waals surface area contributed by atoms with Crippen molar-refractivity contribution in [3.8, 4) is 0 Å². The van der Waals surface area contributed by atoms with Crippen LogP contribution in [0.2, 0.25) is 0 Å². The molecule has 0 aromatic carbocycles. The second-order valence-corrected chi connectivity index (χ2v) is 1.94. The van der Waals surface area contributed by atoms with E-state index in [1.807, 2.05) is 0 Å². The van der Waals surface area contributed by atoms with Gasteiger partial charge in [-0.2, -0.15) is 0 Å². The van der Waals surface area contributed by atoms with Crippen LogP contribution in [0, 0.1) is 5.92 Å². The van der Waals surface area contributed by atoms with E-state index in [1.165, 1.54) is 0 Å². The molecule has 0 amide bonds. The molecule has 0 aliphatic rings. The van der Waals surface area contributed by atoms with Crippen LogP contribution >= 0.6 is 0 Å². The van der Waals surface area contributed by atoms with Crippen molar-refractivity contribution in [3.63, 3.8) is 0 Å². The lowest BCUT2D eigenvalue weighted by atomic mass is 10.1.